The third kappa shape index (κ3) is 4.57. The van der Waals surface area contributed by atoms with Gasteiger partial charge in [0, 0.05) is 20.0 Å². The van der Waals surface area contributed by atoms with Gasteiger partial charge in [-0.05, 0) is 37.4 Å². The maximum atomic E-state index is 11.8. The third-order valence-corrected chi connectivity index (χ3v) is 2.99. The van der Waals surface area contributed by atoms with Gasteiger partial charge >= 0.3 is 0 Å². The number of aryl methyl sites for hydroxylation is 2. The zero-order valence-electron chi connectivity index (χ0n) is 10.8. The van der Waals surface area contributed by atoms with Crippen LogP contribution in [0.25, 0.3) is 0 Å². The Morgan fingerprint density at radius 1 is 1.35 bits per heavy atom. The summed E-state index contributed by atoms with van der Waals surface area (Å²) in [4.78, 5) is 13.6. The fourth-order valence-electron chi connectivity index (χ4n) is 1.78. The average molecular weight is 234 g/mol. The molecule has 0 aliphatic carbocycles. The Labute approximate surface area is 104 Å². The average Bonchev–Trinajstić information content (AvgIpc) is 2.34. The first-order valence-corrected chi connectivity index (χ1v) is 6.13. The van der Waals surface area contributed by atoms with Gasteiger partial charge in [-0.3, -0.25) is 4.79 Å². The Morgan fingerprint density at radius 3 is 2.71 bits per heavy atom. The molecule has 0 saturated heterocycles. The van der Waals surface area contributed by atoms with E-state index in [0.29, 0.717) is 13.0 Å². The minimum atomic E-state index is 0.196. The molecule has 0 radical (unpaired) electrons. The van der Waals surface area contributed by atoms with E-state index in [9.17, 15) is 4.79 Å². The van der Waals surface area contributed by atoms with Crippen molar-refractivity contribution in [2.24, 2.45) is 5.73 Å². The summed E-state index contributed by atoms with van der Waals surface area (Å²) in [6, 6.07) is 8.21. The Hall–Kier alpha value is -1.35. The maximum absolute atomic E-state index is 11.8. The van der Waals surface area contributed by atoms with Crippen LogP contribution in [0.15, 0.2) is 24.3 Å². The van der Waals surface area contributed by atoms with E-state index >= 15 is 0 Å². The predicted molar refractivity (Wildman–Crippen MR) is 70.8 cm³/mol. The van der Waals surface area contributed by atoms with Gasteiger partial charge in [-0.15, -0.1) is 0 Å². The summed E-state index contributed by atoms with van der Waals surface area (Å²) in [6.07, 6.45) is 2.26. The summed E-state index contributed by atoms with van der Waals surface area (Å²) in [5.41, 5.74) is 7.94. The minimum absolute atomic E-state index is 0.196. The largest absolute Gasteiger partial charge is 0.346 e. The Balaban J connectivity index is 2.40. The van der Waals surface area contributed by atoms with E-state index in [1.54, 1.807) is 4.90 Å². The van der Waals surface area contributed by atoms with E-state index in [0.717, 1.165) is 19.4 Å². The van der Waals surface area contributed by atoms with Crippen LogP contribution < -0.4 is 5.73 Å². The molecule has 3 nitrogen and oxygen atoms in total. The lowest BCUT2D eigenvalue weighted by atomic mass is 10.0. The lowest BCUT2D eigenvalue weighted by Crippen LogP contribution is -2.29. The molecule has 0 aliphatic rings. The first-order chi connectivity index (χ1) is 8.15. The van der Waals surface area contributed by atoms with Crippen molar-refractivity contribution >= 4 is 5.91 Å². The van der Waals surface area contributed by atoms with Gasteiger partial charge in [-0.25, -0.2) is 0 Å². The monoisotopic (exact) mass is 234 g/mol. The Morgan fingerprint density at radius 2 is 2.06 bits per heavy atom. The minimum Gasteiger partial charge on any atom is -0.346 e. The molecule has 0 aliphatic heterocycles. The first-order valence-electron chi connectivity index (χ1n) is 6.13. The number of amides is 1. The van der Waals surface area contributed by atoms with Gasteiger partial charge < -0.3 is 10.6 Å². The summed E-state index contributed by atoms with van der Waals surface area (Å²) in [6.45, 7) is 3.47. The number of rotatable bonds is 6. The van der Waals surface area contributed by atoms with Gasteiger partial charge in [0.1, 0.15) is 0 Å². The van der Waals surface area contributed by atoms with Gasteiger partial charge in [0.05, 0.1) is 0 Å². The number of carbonyl (C=O) groups is 1. The summed E-state index contributed by atoms with van der Waals surface area (Å²) >= 11 is 0. The van der Waals surface area contributed by atoms with Gasteiger partial charge in [-0.1, -0.05) is 24.3 Å². The highest BCUT2D eigenvalue weighted by molar-refractivity contribution is 5.76. The van der Waals surface area contributed by atoms with Gasteiger partial charge in [0.2, 0.25) is 5.91 Å². The van der Waals surface area contributed by atoms with Crippen molar-refractivity contribution in [3.05, 3.63) is 35.4 Å². The van der Waals surface area contributed by atoms with Gasteiger partial charge in [0.15, 0.2) is 0 Å². The second-order valence-corrected chi connectivity index (χ2v) is 4.38. The van der Waals surface area contributed by atoms with Crippen LogP contribution in [0.2, 0.25) is 0 Å². The van der Waals surface area contributed by atoms with Crippen LogP contribution in [-0.2, 0) is 11.2 Å². The maximum Gasteiger partial charge on any atom is 0.222 e. The van der Waals surface area contributed by atoms with Crippen LogP contribution in [0.1, 0.15) is 24.0 Å². The molecule has 0 spiro atoms. The zero-order valence-corrected chi connectivity index (χ0v) is 10.8. The van der Waals surface area contributed by atoms with E-state index in [4.69, 9.17) is 5.73 Å². The van der Waals surface area contributed by atoms with Crippen molar-refractivity contribution in [3.63, 3.8) is 0 Å². The molecule has 0 aromatic heterocycles. The molecular weight excluding hydrogens is 212 g/mol. The number of nitrogens with two attached hydrogens (primary N) is 1. The van der Waals surface area contributed by atoms with Crippen molar-refractivity contribution in [2.45, 2.75) is 26.2 Å². The van der Waals surface area contributed by atoms with E-state index in [1.807, 2.05) is 19.2 Å². The fraction of sp³-hybridized carbons (Fsp3) is 0.500. The number of carbonyl (C=O) groups excluding carboxylic acids is 1. The SMILES string of the molecule is Cc1ccccc1CCC(=O)N(C)CCCN. The molecule has 0 heterocycles. The predicted octanol–water partition coefficient (Wildman–Crippen LogP) is 1.73. The van der Waals surface area contributed by atoms with Crippen LogP contribution in [0.3, 0.4) is 0 Å². The van der Waals surface area contributed by atoms with E-state index in [1.165, 1.54) is 11.1 Å². The molecule has 1 rings (SSSR count). The number of nitrogens with zero attached hydrogens (tertiary/aromatic N) is 1. The van der Waals surface area contributed by atoms with Crippen LogP contribution >= 0.6 is 0 Å². The van der Waals surface area contributed by atoms with Crippen LogP contribution in [0, 0.1) is 6.92 Å². The highest BCUT2D eigenvalue weighted by Crippen LogP contribution is 2.10. The number of benzene rings is 1. The molecule has 0 saturated carbocycles. The lowest BCUT2D eigenvalue weighted by molar-refractivity contribution is -0.129. The second kappa shape index (κ2) is 7.07. The summed E-state index contributed by atoms with van der Waals surface area (Å²) in [7, 11) is 1.84. The molecule has 0 bridgehead atoms. The van der Waals surface area contributed by atoms with E-state index < -0.39 is 0 Å². The molecule has 94 valence electrons. The molecule has 0 fully saturated rings. The van der Waals surface area contributed by atoms with Gasteiger partial charge in [-0.2, -0.15) is 0 Å². The molecule has 1 aromatic carbocycles. The normalized spacial score (nSPS) is 10.3. The van der Waals surface area contributed by atoms with E-state index in [2.05, 4.69) is 19.1 Å². The second-order valence-electron chi connectivity index (χ2n) is 4.38. The fourth-order valence-corrected chi connectivity index (χ4v) is 1.78. The highest BCUT2D eigenvalue weighted by Gasteiger charge is 2.08. The molecule has 1 amide bonds. The van der Waals surface area contributed by atoms with Crippen LogP contribution in [-0.4, -0.2) is 30.9 Å². The molecule has 0 atom stereocenters. The summed E-state index contributed by atoms with van der Waals surface area (Å²) in [5, 5.41) is 0. The highest BCUT2D eigenvalue weighted by atomic mass is 16.2. The standard InChI is InChI=1S/C14H22N2O/c1-12-6-3-4-7-13(12)8-9-14(17)16(2)11-5-10-15/h3-4,6-7H,5,8-11,15H2,1-2H3. The Kier molecular flexibility index (Phi) is 5.70. The van der Waals surface area contributed by atoms with Crippen molar-refractivity contribution in [2.75, 3.05) is 20.1 Å². The van der Waals surface area contributed by atoms with Crippen molar-refractivity contribution in [1.82, 2.24) is 4.90 Å². The quantitative estimate of drug-likeness (QED) is 0.815. The first kappa shape index (κ1) is 13.7. The molecule has 3 heteroatoms. The summed E-state index contributed by atoms with van der Waals surface area (Å²) in [5.74, 6) is 0.196. The zero-order chi connectivity index (χ0) is 12.7. The molecular formula is C14H22N2O. The van der Waals surface area contributed by atoms with Gasteiger partial charge in [0.25, 0.3) is 0 Å². The summed E-state index contributed by atoms with van der Waals surface area (Å²) < 4.78 is 0. The Bertz CT molecular complexity index is 363. The van der Waals surface area contributed by atoms with Crippen LogP contribution in [0.4, 0.5) is 0 Å². The number of hydrogen-bond acceptors (Lipinski definition) is 2. The topological polar surface area (TPSA) is 46.3 Å². The molecule has 1 aromatic rings. The van der Waals surface area contributed by atoms with Crippen molar-refractivity contribution < 1.29 is 4.79 Å². The molecule has 17 heavy (non-hydrogen) atoms. The molecule has 0 unspecified atom stereocenters. The van der Waals surface area contributed by atoms with Crippen LogP contribution in [0.5, 0.6) is 0 Å². The number of hydrogen-bond donors (Lipinski definition) is 1. The van der Waals surface area contributed by atoms with Crippen molar-refractivity contribution in [3.8, 4) is 0 Å². The lowest BCUT2D eigenvalue weighted by Gasteiger charge is -2.16. The smallest absolute Gasteiger partial charge is 0.222 e. The molecule has 2 N–H and O–H groups in total. The third-order valence-electron chi connectivity index (χ3n) is 2.99. The van der Waals surface area contributed by atoms with Crippen molar-refractivity contribution in [1.29, 1.82) is 0 Å². The van der Waals surface area contributed by atoms with E-state index in [-0.39, 0.29) is 5.91 Å².